The molecule has 0 aliphatic rings. The molecule has 0 unspecified atom stereocenters. The Morgan fingerprint density at radius 3 is 2.65 bits per heavy atom. The minimum atomic E-state index is 0.0235. The van der Waals surface area contributed by atoms with Gasteiger partial charge in [-0.3, -0.25) is 9.36 Å². The fourth-order valence-corrected chi connectivity index (χ4v) is 2.34. The average molecular weight is 273 g/mol. The Bertz CT molecular complexity index is 646. The fraction of sp³-hybridized carbons (Fsp3) is 0.500. The van der Waals surface area contributed by atoms with Crippen molar-refractivity contribution in [1.29, 1.82) is 0 Å². The maximum atomic E-state index is 12.4. The molecule has 2 aromatic rings. The van der Waals surface area contributed by atoms with Gasteiger partial charge < -0.3 is 5.32 Å². The van der Waals surface area contributed by atoms with Crippen molar-refractivity contribution in [1.82, 2.24) is 14.9 Å². The molecule has 0 spiro atoms. The Kier molecular flexibility index (Phi) is 4.55. The average Bonchev–Trinajstić information content (AvgIpc) is 2.44. The highest BCUT2D eigenvalue weighted by Crippen LogP contribution is 2.16. The number of para-hydroxylation sites is 1. The molecule has 0 aliphatic heterocycles. The summed E-state index contributed by atoms with van der Waals surface area (Å²) < 4.78 is 1.67. The van der Waals surface area contributed by atoms with Gasteiger partial charge in [0.2, 0.25) is 0 Å². The van der Waals surface area contributed by atoms with Gasteiger partial charge in [-0.2, -0.15) is 0 Å². The van der Waals surface area contributed by atoms with Crippen LogP contribution in [-0.4, -0.2) is 16.1 Å². The number of aromatic nitrogens is 2. The summed E-state index contributed by atoms with van der Waals surface area (Å²) in [5.41, 5.74) is 0.797. The van der Waals surface area contributed by atoms with Crippen molar-refractivity contribution in [2.24, 2.45) is 13.0 Å². The van der Waals surface area contributed by atoms with Gasteiger partial charge in [-0.25, -0.2) is 4.98 Å². The fourth-order valence-electron chi connectivity index (χ4n) is 2.34. The number of hydrogen-bond donors (Lipinski definition) is 1. The summed E-state index contributed by atoms with van der Waals surface area (Å²) in [6.07, 6.45) is 0.908. The van der Waals surface area contributed by atoms with Gasteiger partial charge in [-0.05, 0) is 31.0 Å². The van der Waals surface area contributed by atoms with Crippen LogP contribution in [0.25, 0.3) is 10.9 Å². The molecule has 0 saturated heterocycles. The van der Waals surface area contributed by atoms with Crippen LogP contribution in [0.1, 0.15) is 39.1 Å². The van der Waals surface area contributed by atoms with E-state index >= 15 is 0 Å². The van der Waals surface area contributed by atoms with Crippen molar-refractivity contribution >= 4 is 10.9 Å². The van der Waals surface area contributed by atoms with Gasteiger partial charge in [-0.15, -0.1) is 0 Å². The molecule has 1 N–H and O–H groups in total. The van der Waals surface area contributed by atoms with Gasteiger partial charge in [0.1, 0.15) is 5.82 Å². The SMILES string of the molecule is CC[C@H](NCC(C)C)c1nc2ccccc2c(=O)n1C. The normalized spacial score (nSPS) is 13.1. The quantitative estimate of drug-likeness (QED) is 0.911. The van der Waals surface area contributed by atoms with Crippen molar-refractivity contribution in [2.75, 3.05) is 6.54 Å². The van der Waals surface area contributed by atoms with E-state index in [1.807, 2.05) is 24.3 Å². The molecule has 108 valence electrons. The Labute approximate surface area is 119 Å². The Hall–Kier alpha value is -1.68. The van der Waals surface area contributed by atoms with Crippen molar-refractivity contribution < 1.29 is 0 Å². The maximum absolute atomic E-state index is 12.4. The van der Waals surface area contributed by atoms with Crippen LogP contribution in [0.3, 0.4) is 0 Å². The number of nitrogens with zero attached hydrogens (tertiary/aromatic N) is 2. The topological polar surface area (TPSA) is 46.9 Å². The molecule has 0 fully saturated rings. The third-order valence-corrected chi connectivity index (χ3v) is 3.51. The molecule has 1 heterocycles. The Balaban J connectivity index is 2.47. The van der Waals surface area contributed by atoms with Gasteiger partial charge >= 0.3 is 0 Å². The zero-order valence-corrected chi connectivity index (χ0v) is 12.7. The minimum Gasteiger partial charge on any atom is -0.307 e. The third kappa shape index (κ3) is 2.90. The Morgan fingerprint density at radius 1 is 1.30 bits per heavy atom. The molecule has 1 aromatic carbocycles. The molecule has 1 aromatic heterocycles. The first-order valence-corrected chi connectivity index (χ1v) is 7.23. The number of benzene rings is 1. The molecular weight excluding hydrogens is 250 g/mol. The van der Waals surface area contributed by atoms with E-state index in [4.69, 9.17) is 0 Å². The van der Waals surface area contributed by atoms with Crippen molar-refractivity contribution in [3.05, 3.63) is 40.4 Å². The smallest absolute Gasteiger partial charge is 0.261 e. The predicted octanol–water partition coefficient (Wildman–Crippen LogP) is 2.63. The summed E-state index contributed by atoms with van der Waals surface area (Å²) in [5.74, 6) is 1.39. The summed E-state index contributed by atoms with van der Waals surface area (Å²) in [6, 6.07) is 7.63. The molecule has 20 heavy (non-hydrogen) atoms. The van der Waals surface area contributed by atoms with Gasteiger partial charge in [-0.1, -0.05) is 32.9 Å². The molecule has 0 radical (unpaired) electrons. The molecule has 2 rings (SSSR count). The van der Waals surface area contributed by atoms with Gasteiger partial charge in [0.15, 0.2) is 0 Å². The van der Waals surface area contributed by atoms with Crippen LogP contribution in [-0.2, 0) is 7.05 Å². The van der Waals surface area contributed by atoms with E-state index in [0.717, 1.165) is 24.3 Å². The van der Waals surface area contributed by atoms with E-state index in [2.05, 4.69) is 31.1 Å². The van der Waals surface area contributed by atoms with Crippen molar-refractivity contribution in [3.63, 3.8) is 0 Å². The molecule has 0 bridgehead atoms. The molecule has 0 saturated carbocycles. The van der Waals surface area contributed by atoms with Crippen LogP contribution in [0, 0.1) is 5.92 Å². The number of rotatable bonds is 5. The zero-order chi connectivity index (χ0) is 14.7. The van der Waals surface area contributed by atoms with Gasteiger partial charge in [0.25, 0.3) is 5.56 Å². The second-order valence-corrected chi connectivity index (χ2v) is 5.61. The minimum absolute atomic E-state index is 0.0235. The zero-order valence-electron chi connectivity index (χ0n) is 12.7. The molecular formula is C16H23N3O. The molecule has 4 nitrogen and oxygen atoms in total. The largest absolute Gasteiger partial charge is 0.307 e. The second-order valence-electron chi connectivity index (χ2n) is 5.61. The molecule has 0 aliphatic carbocycles. The highest BCUT2D eigenvalue weighted by molar-refractivity contribution is 5.77. The lowest BCUT2D eigenvalue weighted by Crippen LogP contribution is -2.32. The van der Waals surface area contributed by atoms with Crippen LogP contribution in [0.4, 0.5) is 0 Å². The van der Waals surface area contributed by atoms with E-state index in [9.17, 15) is 4.79 Å². The van der Waals surface area contributed by atoms with E-state index in [0.29, 0.717) is 11.3 Å². The maximum Gasteiger partial charge on any atom is 0.261 e. The third-order valence-electron chi connectivity index (χ3n) is 3.51. The van der Waals surface area contributed by atoms with E-state index in [1.54, 1.807) is 11.6 Å². The number of hydrogen-bond acceptors (Lipinski definition) is 3. The van der Waals surface area contributed by atoms with Gasteiger partial charge in [0, 0.05) is 7.05 Å². The lowest BCUT2D eigenvalue weighted by Gasteiger charge is -2.20. The van der Waals surface area contributed by atoms with Crippen LogP contribution >= 0.6 is 0 Å². The first-order valence-electron chi connectivity index (χ1n) is 7.23. The summed E-state index contributed by atoms with van der Waals surface area (Å²) in [5, 5.41) is 4.17. The van der Waals surface area contributed by atoms with E-state index in [-0.39, 0.29) is 11.6 Å². The van der Waals surface area contributed by atoms with E-state index in [1.165, 1.54) is 0 Å². The molecule has 4 heteroatoms. The Morgan fingerprint density at radius 2 is 2.00 bits per heavy atom. The summed E-state index contributed by atoms with van der Waals surface area (Å²) in [4.78, 5) is 17.1. The van der Waals surface area contributed by atoms with Crippen molar-refractivity contribution in [2.45, 2.75) is 33.2 Å². The second kappa shape index (κ2) is 6.18. The first-order chi connectivity index (χ1) is 9.54. The van der Waals surface area contributed by atoms with Crippen LogP contribution in [0.2, 0.25) is 0 Å². The number of fused-ring (bicyclic) bond motifs is 1. The van der Waals surface area contributed by atoms with Crippen LogP contribution < -0.4 is 10.9 Å². The van der Waals surface area contributed by atoms with Crippen molar-refractivity contribution in [3.8, 4) is 0 Å². The lowest BCUT2D eigenvalue weighted by molar-refractivity contribution is 0.436. The van der Waals surface area contributed by atoms with Crippen LogP contribution in [0.15, 0.2) is 29.1 Å². The predicted molar refractivity (Wildman–Crippen MR) is 82.9 cm³/mol. The highest BCUT2D eigenvalue weighted by atomic mass is 16.1. The summed E-state index contributed by atoms with van der Waals surface area (Å²) >= 11 is 0. The van der Waals surface area contributed by atoms with E-state index < -0.39 is 0 Å². The van der Waals surface area contributed by atoms with Crippen LogP contribution in [0.5, 0.6) is 0 Å². The number of nitrogens with one attached hydrogen (secondary N) is 1. The molecule has 0 amide bonds. The standard InChI is InChI=1S/C16H23N3O/c1-5-13(17-10-11(2)3)15-18-14-9-7-6-8-12(14)16(20)19(15)4/h6-9,11,13,17H,5,10H2,1-4H3/t13-/m0/s1. The monoisotopic (exact) mass is 273 g/mol. The van der Waals surface area contributed by atoms with Gasteiger partial charge in [0.05, 0.1) is 16.9 Å². The molecule has 1 atom stereocenters. The first kappa shape index (κ1) is 14.7. The summed E-state index contributed by atoms with van der Waals surface area (Å²) in [6.45, 7) is 7.37. The highest BCUT2D eigenvalue weighted by Gasteiger charge is 2.16. The summed E-state index contributed by atoms with van der Waals surface area (Å²) in [7, 11) is 1.80. The lowest BCUT2D eigenvalue weighted by atomic mass is 10.1.